The third-order valence-electron chi connectivity index (χ3n) is 5.06. The monoisotopic (exact) mass is 304 g/mol. The molecule has 5 heteroatoms. The normalized spacial score (nSPS) is 28.0. The number of fused-ring (bicyclic) bond motifs is 2. The Morgan fingerprint density at radius 2 is 1.91 bits per heavy atom. The minimum Gasteiger partial charge on any atom is -0.337 e. The van der Waals surface area contributed by atoms with E-state index in [1.807, 2.05) is 29.6 Å². The molecule has 2 aliphatic rings. The summed E-state index contributed by atoms with van der Waals surface area (Å²) in [6.45, 7) is 8.33. The van der Waals surface area contributed by atoms with E-state index in [0.29, 0.717) is 23.8 Å². The maximum atomic E-state index is 12.8. The lowest BCUT2D eigenvalue weighted by atomic mass is 9.98. The summed E-state index contributed by atoms with van der Waals surface area (Å²) in [6.07, 6.45) is 4.64. The van der Waals surface area contributed by atoms with Gasteiger partial charge in [0.15, 0.2) is 5.69 Å². The molecule has 2 unspecified atom stereocenters. The Bertz CT molecular complexity index is 560. The van der Waals surface area contributed by atoms with Gasteiger partial charge in [0, 0.05) is 30.9 Å². The summed E-state index contributed by atoms with van der Waals surface area (Å²) in [5, 5.41) is 8.19. The minimum absolute atomic E-state index is 0.0531. The molecule has 2 atom stereocenters. The van der Waals surface area contributed by atoms with Crippen molar-refractivity contribution in [1.82, 2.24) is 20.0 Å². The van der Waals surface area contributed by atoms with Gasteiger partial charge in [-0.3, -0.25) is 9.48 Å². The standard InChI is InChI=1S/C17H28N4O/c1-11-8-15(19-21(11)17(2,3)4)16(22)20(5)14-9-12-6-7-13(10-14)18-12/h8,12-14,18H,6-7,9-10H2,1-5H3. The second-order valence-corrected chi connectivity index (χ2v) is 7.93. The van der Waals surface area contributed by atoms with Crippen LogP contribution in [0.3, 0.4) is 0 Å². The van der Waals surface area contributed by atoms with Gasteiger partial charge in [-0.1, -0.05) is 0 Å². The minimum atomic E-state index is -0.102. The second-order valence-electron chi connectivity index (χ2n) is 7.93. The van der Waals surface area contributed by atoms with Crippen LogP contribution in [-0.2, 0) is 5.54 Å². The van der Waals surface area contributed by atoms with Gasteiger partial charge in [-0.15, -0.1) is 0 Å². The topological polar surface area (TPSA) is 50.2 Å². The number of rotatable bonds is 2. The highest BCUT2D eigenvalue weighted by atomic mass is 16.2. The number of hydrogen-bond acceptors (Lipinski definition) is 3. The first-order chi connectivity index (χ1) is 10.3. The van der Waals surface area contributed by atoms with E-state index in [2.05, 4.69) is 31.2 Å². The number of amides is 1. The molecule has 0 radical (unpaired) electrons. The van der Waals surface area contributed by atoms with Gasteiger partial charge in [0.2, 0.25) is 0 Å². The number of carbonyl (C=O) groups is 1. The van der Waals surface area contributed by atoms with E-state index in [0.717, 1.165) is 18.5 Å². The van der Waals surface area contributed by atoms with Crippen LogP contribution in [-0.4, -0.2) is 45.8 Å². The Morgan fingerprint density at radius 3 is 2.41 bits per heavy atom. The third-order valence-corrected chi connectivity index (χ3v) is 5.06. The van der Waals surface area contributed by atoms with Crippen LogP contribution in [0.15, 0.2) is 6.07 Å². The summed E-state index contributed by atoms with van der Waals surface area (Å²) in [6, 6.07) is 3.44. The molecule has 0 saturated carbocycles. The zero-order valence-corrected chi connectivity index (χ0v) is 14.4. The lowest BCUT2D eigenvalue weighted by Crippen LogP contribution is -2.48. The van der Waals surface area contributed by atoms with Crippen LogP contribution in [0.4, 0.5) is 0 Å². The van der Waals surface area contributed by atoms with Crippen molar-refractivity contribution >= 4 is 5.91 Å². The quantitative estimate of drug-likeness (QED) is 0.912. The molecule has 0 aliphatic carbocycles. The van der Waals surface area contributed by atoms with Gasteiger partial charge in [0.05, 0.1) is 5.54 Å². The number of aromatic nitrogens is 2. The first-order valence-corrected chi connectivity index (χ1v) is 8.36. The number of hydrogen-bond donors (Lipinski definition) is 1. The van der Waals surface area contributed by atoms with Crippen molar-refractivity contribution in [2.24, 2.45) is 0 Å². The van der Waals surface area contributed by atoms with Crippen LogP contribution < -0.4 is 5.32 Å². The fraction of sp³-hybridized carbons (Fsp3) is 0.765. The SMILES string of the molecule is Cc1cc(C(=O)N(C)C2CC3CCC(C2)N3)nn1C(C)(C)C. The predicted octanol–water partition coefficient (Wildman–Crippen LogP) is 2.30. The van der Waals surface area contributed by atoms with E-state index in [4.69, 9.17) is 0 Å². The van der Waals surface area contributed by atoms with Crippen LogP contribution in [0, 0.1) is 6.92 Å². The molecule has 2 aliphatic heterocycles. The fourth-order valence-corrected chi connectivity index (χ4v) is 3.95. The molecule has 1 N–H and O–H groups in total. The molecule has 1 amide bonds. The molecule has 2 fully saturated rings. The summed E-state index contributed by atoms with van der Waals surface area (Å²) in [5.41, 5.74) is 1.50. The summed E-state index contributed by atoms with van der Waals surface area (Å²) in [4.78, 5) is 14.7. The van der Waals surface area contributed by atoms with Gasteiger partial charge >= 0.3 is 0 Å². The van der Waals surface area contributed by atoms with Crippen molar-refractivity contribution in [3.8, 4) is 0 Å². The molecular formula is C17H28N4O. The molecule has 0 spiro atoms. The number of nitrogens with zero attached hydrogens (tertiary/aromatic N) is 3. The summed E-state index contributed by atoms with van der Waals surface area (Å²) < 4.78 is 1.94. The highest BCUT2D eigenvalue weighted by molar-refractivity contribution is 5.92. The van der Waals surface area contributed by atoms with Crippen molar-refractivity contribution in [2.75, 3.05) is 7.05 Å². The molecule has 5 nitrogen and oxygen atoms in total. The van der Waals surface area contributed by atoms with Gasteiger partial charge in [-0.2, -0.15) is 5.10 Å². The second kappa shape index (κ2) is 5.37. The number of aryl methyl sites for hydroxylation is 1. The van der Waals surface area contributed by atoms with E-state index >= 15 is 0 Å². The zero-order valence-electron chi connectivity index (χ0n) is 14.4. The maximum absolute atomic E-state index is 12.8. The van der Waals surface area contributed by atoms with Crippen molar-refractivity contribution in [2.45, 2.75) is 77.0 Å². The van der Waals surface area contributed by atoms with Crippen molar-refractivity contribution in [3.63, 3.8) is 0 Å². The molecule has 2 saturated heterocycles. The molecule has 122 valence electrons. The Kier molecular flexibility index (Phi) is 3.79. The zero-order chi connectivity index (χ0) is 16.1. The number of piperidine rings is 1. The average Bonchev–Trinajstić information content (AvgIpc) is 2.99. The Labute approximate surface area is 133 Å². The van der Waals surface area contributed by atoms with E-state index < -0.39 is 0 Å². The van der Waals surface area contributed by atoms with Crippen LogP contribution in [0.5, 0.6) is 0 Å². The van der Waals surface area contributed by atoms with Crippen LogP contribution in [0.2, 0.25) is 0 Å². The molecule has 1 aromatic rings. The Balaban J connectivity index is 1.76. The van der Waals surface area contributed by atoms with E-state index in [-0.39, 0.29) is 11.4 Å². The molecule has 22 heavy (non-hydrogen) atoms. The molecular weight excluding hydrogens is 276 g/mol. The average molecular weight is 304 g/mol. The molecule has 0 aromatic carbocycles. The molecule has 1 aromatic heterocycles. The first-order valence-electron chi connectivity index (χ1n) is 8.36. The number of nitrogens with one attached hydrogen (secondary N) is 1. The summed E-state index contributed by atoms with van der Waals surface area (Å²) in [5.74, 6) is 0.0531. The molecule has 2 bridgehead atoms. The van der Waals surface area contributed by atoms with Gasteiger partial charge in [-0.25, -0.2) is 0 Å². The van der Waals surface area contributed by atoms with Crippen LogP contribution >= 0.6 is 0 Å². The molecule has 3 rings (SSSR count). The third kappa shape index (κ3) is 2.78. The summed E-state index contributed by atoms with van der Waals surface area (Å²) in [7, 11) is 1.93. The van der Waals surface area contributed by atoms with Crippen molar-refractivity contribution in [3.05, 3.63) is 17.5 Å². The Morgan fingerprint density at radius 1 is 1.32 bits per heavy atom. The maximum Gasteiger partial charge on any atom is 0.274 e. The van der Waals surface area contributed by atoms with Gasteiger partial charge < -0.3 is 10.2 Å². The highest BCUT2D eigenvalue weighted by Crippen LogP contribution is 2.30. The summed E-state index contributed by atoms with van der Waals surface area (Å²) >= 11 is 0. The van der Waals surface area contributed by atoms with Gasteiger partial charge in [0.1, 0.15) is 0 Å². The highest BCUT2D eigenvalue weighted by Gasteiger charge is 2.37. The van der Waals surface area contributed by atoms with Crippen LogP contribution in [0.1, 0.15) is 62.6 Å². The fourth-order valence-electron chi connectivity index (χ4n) is 3.95. The van der Waals surface area contributed by atoms with Crippen molar-refractivity contribution in [1.29, 1.82) is 0 Å². The first kappa shape index (κ1) is 15.5. The largest absolute Gasteiger partial charge is 0.337 e. The van der Waals surface area contributed by atoms with Gasteiger partial charge in [-0.05, 0) is 59.4 Å². The lowest BCUT2D eigenvalue weighted by Gasteiger charge is -2.35. The van der Waals surface area contributed by atoms with Crippen LogP contribution in [0.25, 0.3) is 0 Å². The van der Waals surface area contributed by atoms with E-state index in [1.165, 1.54) is 12.8 Å². The van der Waals surface area contributed by atoms with E-state index in [9.17, 15) is 4.79 Å². The molecule has 3 heterocycles. The predicted molar refractivity (Wildman–Crippen MR) is 87.0 cm³/mol. The van der Waals surface area contributed by atoms with E-state index in [1.54, 1.807) is 0 Å². The smallest absolute Gasteiger partial charge is 0.274 e. The Hall–Kier alpha value is -1.36. The number of carbonyl (C=O) groups excluding carboxylic acids is 1. The van der Waals surface area contributed by atoms with Gasteiger partial charge in [0.25, 0.3) is 5.91 Å². The van der Waals surface area contributed by atoms with Crippen molar-refractivity contribution < 1.29 is 4.79 Å². The lowest BCUT2D eigenvalue weighted by molar-refractivity contribution is 0.0674.